The second kappa shape index (κ2) is 10.5. The maximum Gasteiger partial charge on any atom is 0.237 e. The van der Waals surface area contributed by atoms with Crippen LogP contribution in [0.15, 0.2) is 18.7 Å². The number of aromatic nitrogens is 4. The van der Waals surface area contributed by atoms with Crippen molar-refractivity contribution in [2.24, 2.45) is 0 Å². The van der Waals surface area contributed by atoms with E-state index in [1.165, 1.54) is 0 Å². The summed E-state index contributed by atoms with van der Waals surface area (Å²) in [5.41, 5.74) is 2.09. The minimum Gasteiger partial charge on any atom is -0.354 e. The Morgan fingerprint density at radius 2 is 2.10 bits per heavy atom. The first kappa shape index (κ1) is 22.2. The number of aryl methyl sites for hydroxylation is 1. The van der Waals surface area contributed by atoms with E-state index in [0.717, 1.165) is 49.3 Å². The zero-order valence-electron chi connectivity index (χ0n) is 18.3. The second-order valence-electron chi connectivity index (χ2n) is 7.49. The number of nitrogens with zero attached hydrogens (tertiary/aromatic N) is 5. The van der Waals surface area contributed by atoms with Crippen molar-refractivity contribution in [3.63, 3.8) is 0 Å². The molecule has 0 aromatic carbocycles. The van der Waals surface area contributed by atoms with Crippen molar-refractivity contribution in [3.8, 4) is 5.95 Å². The van der Waals surface area contributed by atoms with E-state index in [-0.39, 0.29) is 11.9 Å². The number of anilines is 1. The summed E-state index contributed by atoms with van der Waals surface area (Å²) in [4.78, 5) is 28.6. The lowest BCUT2D eigenvalue weighted by Gasteiger charge is -2.37. The molecule has 1 N–H and O–H groups in total. The van der Waals surface area contributed by atoms with E-state index in [1.54, 1.807) is 26.7 Å². The normalized spacial score (nSPS) is 16.8. The van der Waals surface area contributed by atoms with Crippen molar-refractivity contribution in [2.75, 3.05) is 32.2 Å². The van der Waals surface area contributed by atoms with Crippen LogP contribution in [-0.4, -0.2) is 65.1 Å². The third-order valence-electron chi connectivity index (χ3n) is 5.58. The van der Waals surface area contributed by atoms with E-state index in [4.69, 9.17) is 14.5 Å². The Morgan fingerprint density at radius 3 is 2.77 bits per heavy atom. The Balaban J connectivity index is 1.82. The van der Waals surface area contributed by atoms with Gasteiger partial charge in [-0.3, -0.25) is 9.36 Å². The van der Waals surface area contributed by atoms with Gasteiger partial charge in [0.1, 0.15) is 12.1 Å². The minimum atomic E-state index is -0.439. The third kappa shape index (κ3) is 5.14. The molecule has 0 bridgehead atoms. The monoisotopic (exact) mass is 416 g/mol. The first-order valence-electron chi connectivity index (χ1n) is 10.5. The van der Waals surface area contributed by atoms with Crippen LogP contribution in [0.5, 0.6) is 0 Å². The van der Waals surface area contributed by atoms with Gasteiger partial charge < -0.3 is 19.7 Å². The molecular weight excluding hydrogens is 384 g/mol. The molecule has 0 saturated carbocycles. The van der Waals surface area contributed by atoms with Crippen LogP contribution in [0.1, 0.15) is 43.9 Å². The molecule has 0 aliphatic carbocycles. The van der Waals surface area contributed by atoms with E-state index in [1.807, 2.05) is 17.7 Å². The van der Waals surface area contributed by atoms with Gasteiger partial charge in [0.15, 0.2) is 6.29 Å². The quantitative estimate of drug-likeness (QED) is 0.625. The highest BCUT2D eigenvalue weighted by atomic mass is 16.7. The Bertz CT molecular complexity index is 822. The molecule has 1 aliphatic heterocycles. The van der Waals surface area contributed by atoms with Crippen molar-refractivity contribution in [2.45, 2.75) is 58.3 Å². The summed E-state index contributed by atoms with van der Waals surface area (Å²) in [6, 6.07) is 0.0949. The number of hydrogen-bond acceptors (Lipinski definition) is 7. The molecule has 3 heterocycles. The topological polar surface area (TPSA) is 94.4 Å². The number of hydrogen-bond donors (Lipinski definition) is 1. The van der Waals surface area contributed by atoms with Crippen LogP contribution < -0.4 is 10.2 Å². The van der Waals surface area contributed by atoms with Gasteiger partial charge in [-0.25, -0.2) is 9.97 Å². The Hall–Kier alpha value is -2.52. The zero-order chi connectivity index (χ0) is 21.5. The van der Waals surface area contributed by atoms with Gasteiger partial charge in [-0.15, -0.1) is 0 Å². The Labute approximate surface area is 177 Å². The molecule has 30 heavy (non-hydrogen) atoms. The van der Waals surface area contributed by atoms with Crippen LogP contribution in [0, 0.1) is 6.92 Å². The third-order valence-corrected chi connectivity index (χ3v) is 5.58. The summed E-state index contributed by atoms with van der Waals surface area (Å²) in [5, 5.41) is 2.92. The molecule has 1 aliphatic rings. The van der Waals surface area contributed by atoms with Gasteiger partial charge in [0, 0.05) is 56.9 Å². The van der Waals surface area contributed by atoms with Gasteiger partial charge in [-0.05, 0) is 32.6 Å². The van der Waals surface area contributed by atoms with Crippen LogP contribution in [0.3, 0.4) is 0 Å². The number of carbonyl (C=O) groups is 1. The SMILES string of the molecule is CCc1c(C)nc(-n2ccnc2)nc1N1CCCCC1CC(=O)NCC(OC)OC. The summed E-state index contributed by atoms with van der Waals surface area (Å²) in [5.74, 6) is 1.52. The average molecular weight is 417 g/mol. The van der Waals surface area contributed by atoms with Crippen LogP contribution in [0.2, 0.25) is 0 Å². The fourth-order valence-corrected chi connectivity index (χ4v) is 3.95. The minimum absolute atomic E-state index is 0.00957. The number of amides is 1. The van der Waals surface area contributed by atoms with Crippen molar-refractivity contribution in [3.05, 3.63) is 30.0 Å². The second-order valence-corrected chi connectivity index (χ2v) is 7.49. The van der Waals surface area contributed by atoms with Gasteiger partial charge >= 0.3 is 0 Å². The Kier molecular flexibility index (Phi) is 7.75. The molecule has 3 rings (SSSR count). The smallest absolute Gasteiger partial charge is 0.237 e. The number of methoxy groups -OCH3 is 2. The van der Waals surface area contributed by atoms with Crippen LogP contribution in [0.4, 0.5) is 5.82 Å². The lowest BCUT2D eigenvalue weighted by molar-refractivity contribution is -0.127. The maximum atomic E-state index is 12.6. The van der Waals surface area contributed by atoms with E-state index in [0.29, 0.717) is 18.9 Å². The highest BCUT2D eigenvalue weighted by Crippen LogP contribution is 2.30. The number of rotatable bonds is 9. The molecular formula is C21H32N6O3. The first-order valence-corrected chi connectivity index (χ1v) is 10.5. The largest absolute Gasteiger partial charge is 0.354 e. The van der Waals surface area contributed by atoms with Crippen molar-refractivity contribution < 1.29 is 14.3 Å². The predicted molar refractivity (Wildman–Crippen MR) is 114 cm³/mol. The molecule has 0 radical (unpaired) electrons. The highest BCUT2D eigenvalue weighted by Gasteiger charge is 2.29. The zero-order valence-corrected chi connectivity index (χ0v) is 18.3. The number of carbonyl (C=O) groups excluding carboxylic acids is 1. The molecule has 2 aromatic rings. The summed E-state index contributed by atoms with van der Waals surface area (Å²) < 4.78 is 12.1. The summed E-state index contributed by atoms with van der Waals surface area (Å²) in [6.45, 7) is 5.35. The van der Waals surface area contributed by atoms with Gasteiger partial charge in [0.25, 0.3) is 0 Å². The molecule has 164 valence electrons. The van der Waals surface area contributed by atoms with Gasteiger partial charge in [-0.1, -0.05) is 6.92 Å². The fraction of sp³-hybridized carbons (Fsp3) is 0.619. The standard InChI is InChI=1S/C21H32N6O3/c1-5-17-15(2)24-21(26-11-9-22-14-26)25-20(17)27-10-7-6-8-16(27)12-18(28)23-13-19(29-3)30-4/h9,11,14,16,19H,5-8,10,12-13H2,1-4H3,(H,23,28). The van der Waals surface area contributed by atoms with Crippen molar-refractivity contribution in [1.82, 2.24) is 24.8 Å². The first-order chi connectivity index (χ1) is 14.6. The molecule has 1 fully saturated rings. The lowest BCUT2D eigenvalue weighted by atomic mass is 9.97. The lowest BCUT2D eigenvalue weighted by Crippen LogP contribution is -2.45. The number of piperidine rings is 1. The van der Waals surface area contributed by atoms with Crippen LogP contribution in [0.25, 0.3) is 5.95 Å². The molecule has 1 atom stereocenters. The maximum absolute atomic E-state index is 12.6. The molecule has 1 unspecified atom stereocenters. The predicted octanol–water partition coefficient (Wildman–Crippen LogP) is 2.02. The molecule has 9 heteroatoms. The molecule has 0 spiro atoms. The molecule has 2 aromatic heterocycles. The van der Waals surface area contributed by atoms with Crippen LogP contribution >= 0.6 is 0 Å². The van der Waals surface area contributed by atoms with E-state index in [2.05, 4.69) is 27.1 Å². The highest BCUT2D eigenvalue weighted by molar-refractivity contribution is 5.77. The molecule has 9 nitrogen and oxygen atoms in total. The summed E-state index contributed by atoms with van der Waals surface area (Å²) in [6.07, 6.45) is 9.21. The van der Waals surface area contributed by atoms with Crippen LogP contribution in [-0.2, 0) is 20.7 Å². The summed E-state index contributed by atoms with van der Waals surface area (Å²) >= 11 is 0. The van der Waals surface area contributed by atoms with E-state index in [9.17, 15) is 4.79 Å². The molecule has 1 saturated heterocycles. The Morgan fingerprint density at radius 1 is 1.30 bits per heavy atom. The van der Waals surface area contributed by atoms with E-state index < -0.39 is 6.29 Å². The summed E-state index contributed by atoms with van der Waals surface area (Å²) in [7, 11) is 3.12. The molecule has 1 amide bonds. The van der Waals surface area contributed by atoms with E-state index >= 15 is 0 Å². The van der Waals surface area contributed by atoms with Crippen molar-refractivity contribution in [1.29, 1.82) is 0 Å². The van der Waals surface area contributed by atoms with Gasteiger partial charge in [0.05, 0.1) is 6.54 Å². The number of nitrogens with one attached hydrogen (secondary N) is 1. The van der Waals surface area contributed by atoms with Gasteiger partial charge in [0.2, 0.25) is 11.9 Å². The van der Waals surface area contributed by atoms with Crippen molar-refractivity contribution >= 4 is 11.7 Å². The fourth-order valence-electron chi connectivity index (χ4n) is 3.95. The average Bonchev–Trinajstić information content (AvgIpc) is 3.29. The number of ether oxygens (including phenoxy) is 2. The van der Waals surface area contributed by atoms with Gasteiger partial charge in [-0.2, -0.15) is 4.98 Å². The number of imidazole rings is 1.